The fraction of sp³-hybridized carbons (Fsp3) is 0.500. The number of likely N-dealkylation sites (tertiary alicyclic amines) is 1. The van der Waals surface area contributed by atoms with E-state index >= 15 is 0 Å². The standard InChI is InChI=1S/C20H25N5O2/c26-18-5-3-11-24(18)12-4-8-21-20(27)15-6-7-17-16(13-15)19(23-14-22-17)25-9-1-2-10-25/h6-7,13-14H,1-5,8-12H2,(H,21,27). The lowest BCUT2D eigenvalue weighted by molar-refractivity contribution is -0.127. The summed E-state index contributed by atoms with van der Waals surface area (Å²) in [5, 5.41) is 3.89. The third-order valence-corrected chi connectivity index (χ3v) is 5.34. The molecular weight excluding hydrogens is 342 g/mol. The van der Waals surface area contributed by atoms with E-state index < -0.39 is 0 Å². The van der Waals surface area contributed by atoms with Gasteiger partial charge in [-0.3, -0.25) is 9.59 Å². The van der Waals surface area contributed by atoms with Gasteiger partial charge in [0.15, 0.2) is 0 Å². The van der Waals surface area contributed by atoms with Crippen LogP contribution < -0.4 is 10.2 Å². The maximum absolute atomic E-state index is 12.5. The van der Waals surface area contributed by atoms with Crippen LogP contribution in [0.5, 0.6) is 0 Å². The van der Waals surface area contributed by atoms with Gasteiger partial charge in [-0.15, -0.1) is 0 Å². The van der Waals surface area contributed by atoms with Crippen molar-refractivity contribution in [3.63, 3.8) is 0 Å². The van der Waals surface area contributed by atoms with Crippen LogP contribution in [0.15, 0.2) is 24.5 Å². The highest BCUT2D eigenvalue weighted by Gasteiger charge is 2.20. The van der Waals surface area contributed by atoms with Crippen molar-refractivity contribution < 1.29 is 9.59 Å². The van der Waals surface area contributed by atoms with Gasteiger partial charge in [-0.2, -0.15) is 0 Å². The summed E-state index contributed by atoms with van der Waals surface area (Å²) in [6.07, 6.45) is 6.31. The monoisotopic (exact) mass is 367 g/mol. The minimum Gasteiger partial charge on any atom is -0.356 e. The number of nitrogens with zero attached hydrogens (tertiary/aromatic N) is 4. The van der Waals surface area contributed by atoms with E-state index in [0.717, 1.165) is 49.2 Å². The van der Waals surface area contributed by atoms with E-state index in [1.54, 1.807) is 6.33 Å². The zero-order chi connectivity index (χ0) is 18.6. The van der Waals surface area contributed by atoms with Crippen molar-refractivity contribution in [1.82, 2.24) is 20.2 Å². The molecule has 0 spiro atoms. The quantitative estimate of drug-likeness (QED) is 0.790. The van der Waals surface area contributed by atoms with E-state index in [2.05, 4.69) is 20.2 Å². The Hall–Kier alpha value is -2.70. The third-order valence-electron chi connectivity index (χ3n) is 5.34. The van der Waals surface area contributed by atoms with Crippen molar-refractivity contribution >= 4 is 28.5 Å². The van der Waals surface area contributed by atoms with E-state index in [1.165, 1.54) is 12.8 Å². The number of benzene rings is 1. The van der Waals surface area contributed by atoms with Gasteiger partial charge in [0.25, 0.3) is 5.91 Å². The van der Waals surface area contributed by atoms with Crippen molar-refractivity contribution in [3.8, 4) is 0 Å². The van der Waals surface area contributed by atoms with E-state index in [9.17, 15) is 9.59 Å². The molecular formula is C20H25N5O2. The van der Waals surface area contributed by atoms with Crippen molar-refractivity contribution in [2.75, 3.05) is 37.6 Å². The highest BCUT2D eigenvalue weighted by Crippen LogP contribution is 2.26. The van der Waals surface area contributed by atoms with Gasteiger partial charge in [-0.25, -0.2) is 9.97 Å². The summed E-state index contributed by atoms with van der Waals surface area (Å²) in [5.41, 5.74) is 1.48. The normalized spacial score (nSPS) is 17.1. The van der Waals surface area contributed by atoms with Crippen molar-refractivity contribution in [2.24, 2.45) is 0 Å². The highest BCUT2D eigenvalue weighted by atomic mass is 16.2. The number of carbonyl (C=O) groups excluding carboxylic acids is 2. The predicted octanol–water partition coefficient (Wildman–Crippen LogP) is 1.97. The largest absolute Gasteiger partial charge is 0.356 e. The second-order valence-electron chi connectivity index (χ2n) is 7.22. The number of carbonyl (C=O) groups is 2. The predicted molar refractivity (Wildman–Crippen MR) is 104 cm³/mol. The molecule has 1 aromatic carbocycles. The fourth-order valence-electron chi connectivity index (χ4n) is 3.88. The minimum absolute atomic E-state index is 0.0964. The Morgan fingerprint density at radius 2 is 1.96 bits per heavy atom. The average molecular weight is 367 g/mol. The number of rotatable bonds is 6. The second-order valence-corrected chi connectivity index (χ2v) is 7.22. The molecule has 27 heavy (non-hydrogen) atoms. The van der Waals surface area contributed by atoms with Crippen LogP contribution in [0.25, 0.3) is 10.9 Å². The molecule has 142 valence electrons. The van der Waals surface area contributed by atoms with Gasteiger partial charge in [0.2, 0.25) is 5.91 Å². The topological polar surface area (TPSA) is 78.4 Å². The van der Waals surface area contributed by atoms with E-state index in [-0.39, 0.29) is 11.8 Å². The first kappa shape index (κ1) is 17.7. The van der Waals surface area contributed by atoms with Gasteiger partial charge >= 0.3 is 0 Å². The Morgan fingerprint density at radius 3 is 2.74 bits per heavy atom. The Kier molecular flexibility index (Phi) is 5.18. The molecule has 1 aromatic heterocycles. The first-order valence-corrected chi connectivity index (χ1v) is 9.78. The van der Waals surface area contributed by atoms with Crippen LogP contribution in [0.4, 0.5) is 5.82 Å². The molecule has 2 aromatic rings. The molecule has 2 fully saturated rings. The molecule has 0 unspecified atom stereocenters. The van der Waals surface area contributed by atoms with Crippen LogP contribution >= 0.6 is 0 Å². The van der Waals surface area contributed by atoms with E-state index in [0.29, 0.717) is 25.1 Å². The van der Waals surface area contributed by atoms with Gasteiger partial charge in [-0.1, -0.05) is 0 Å². The third kappa shape index (κ3) is 3.86. The highest BCUT2D eigenvalue weighted by molar-refractivity contribution is 6.00. The molecule has 2 amide bonds. The molecule has 7 nitrogen and oxygen atoms in total. The summed E-state index contributed by atoms with van der Waals surface area (Å²) in [5.74, 6) is 1.05. The summed E-state index contributed by atoms with van der Waals surface area (Å²) in [7, 11) is 0. The summed E-state index contributed by atoms with van der Waals surface area (Å²) < 4.78 is 0. The number of fused-ring (bicyclic) bond motifs is 1. The lowest BCUT2D eigenvalue weighted by Gasteiger charge is -2.18. The maximum atomic E-state index is 12.5. The van der Waals surface area contributed by atoms with Gasteiger partial charge in [0.05, 0.1) is 5.52 Å². The van der Waals surface area contributed by atoms with E-state index in [1.807, 2.05) is 23.1 Å². The van der Waals surface area contributed by atoms with Crippen LogP contribution in [0, 0.1) is 0 Å². The number of amides is 2. The van der Waals surface area contributed by atoms with Crippen LogP contribution in [0.3, 0.4) is 0 Å². The molecule has 0 radical (unpaired) electrons. The Labute approximate surface area is 158 Å². The van der Waals surface area contributed by atoms with E-state index in [4.69, 9.17) is 0 Å². The number of nitrogens with one attached hydrogen (secondary N) is 1. The molecule has 3 heterocycles. The molecule has 0 saturated carbocycles. The Balaban J connectivity index is 1.41. The fourth-order valence-corrected chi connectivity index (χ4v) is 3.88. The van der Waals surface area contributed by atoms with Gasteiger partial charge in [0, 0.05) is 50.1 Å². The van der Waals surface area contributed by atoms with Crippen molar-refractivity contribution in [2.45, 2.75) is 32.1 Å². The first-order chi connectivity index (χ1) is 13.2. The lowest BCUT2D eigenvalue weighted by Crippen LogP contribution is -2.30. The van der Waals surface area contributed by atoms with Crippen LogP contribution in [-0.4, -0.2) is 59.4 Å². The molecule has 0 atom stereocenters. The minimum atomic E-state index is -0.0964. The summed E-state index contributed by atoms with van der Waals surface area (Å²) >= 11 is 0. The van der Waals surface area contributed by atoms with Crippen LogP contribution in [-0.2, 0) is 4.79 Å². The molecule has 7 heteroatoms. The smallest absolute Gasteiger partial charge is 0.251 e. The second kappa shape index (κ2) is 7.90. The number of aromatic nitrogens is 2. The summed E-state index contributed by atoms with van der Waals surface area (Å²) in [4.78, 5) is 37.1. The van der Waals surface area contributed by atoms with Crippen molar-refractivity contribution in [1.29, 1.82) is 0 Å². The molecule has 4 rings (SSSR count). The van der Waals surface area contributed by atoms with Gasteiger partial charge in [-0.05, 0) is 43.9 Å². The summed E-state index contributed by atoms with van der Waals surface area (Å²) in [6, 6.07) is 5.58. The zero-order valence-corrected chi connectivity index (χ0v) is 15.5. The zero-order valence-electron chi connectivity index (χ0n) is 15.5. The summed E-state index contributed by atoms with van der Waals surface area (Å²) in [6.45, 7) is 4.11. The van der Waals surface area contributed by atoms with Gasteiger partial charge in [0.1, 0.15) is 12.1 Å². The SMILES string of the molecule is O=C(NCCCN1CCCC1=O)c1ccc2ncnc(N3CCCC3)c2c1. The Morgan fingerprint density at radius 1 is 1.11 bits per heavy atom. The molecule has 2 saturated heterocycles. The molecule has 0 aliphatic carbocycles. The van der Waals surface area contributed by atoms with Crippen LogP contribution in [0.2, 0.25) is 0 Å². The number of hydrogen-bond donors (Lipinski definition) is 1. The maximum Gasteiger partial charge on any atom is 0.251 e. The molecule has 2 aliphatic heterocycles. The number of hydrogen-bond acceptors (Lipinski definition) is 5. The van der Waals surface area contributed by atoms with Crippen molar-refractivity contribution in [3.05, 3.63) is 30.1 Å². The molecule has 0 bridgehead atoms. The number of anilines is 1. The van der Waals surface area contributed by atoms with Crippen LogP contribution in [0.1, 0.15) is 42.5 Å². The Bertz CT molecular complexity index is 847. The molecule has 1 N–H and O–H groups in total. The average Bonchev–Trinajstić information content (AvgIpc) is 3.36. The molecule has 2 aliphatic rings. The van der Waals surface area contributed by atoms with Gasteiger partial charge < -0.3 is 15.1 Å². The lowest BCUT2D eigenvalue weighted by atomic mass is 10.1. The first-order valence-electron chi connectivity index (χ1n) is 9.78.